The van der Waals surface area contributed by atoms with Crippen LogP contribution in [0.4, 0.5) is 0 Å². The predicted octanol–water partition coefficient (Wildman–Crippen LogP) is 3.16. The first-order chi connectivity index (χ1) is 8.75. The van der Waals surface area contributed by atoms with Gasteiger partial charge in [-0.15, -0.1) is 0 Å². The topological polar surface area (TPSA) is 37.8 Å². The summed E-state index contributed by atoms with van der Waals surface area (Å²) in [5.74, 6) is 0.785. The zero-order valence-electron chi connectivity index (χ0n) is 11.2. The SMILES string of the molecule is CC(C)CCCNCc1cnc2ccccc2n1. The zero-order chi connectivity index (χ0) is 12.8. The Labute approximate surface area is 109 Å². The van der Waals surface area contributed by atoms with Gasteiger partial charge in [-0.05, 0) is 37.4 Å². The average Bonchev–Trinajstić information content (AvgIpc) is 2.38. The molecule has 0 aliphatic carbocycles. The van der Waals surface area contributed by atoms with Crippen LogP contribution in [0.15, 0.2) is 30.5 Å². The molecular weight excluding hydrogens is 222 g/mol. The van der Waals surface area contributed by atoms with Gasteiger partial charge in [0.2, 0.25) is 0 Å². The zero-order valence-corrected chi connectivity index (χ0v) is 11.2. The number of fused-ring (bicyclic) bond motifs is 1. The van der Waals surface area contributed by atoms with Crippen LogP contribution in [0.1, 0.15) is 32.4 Å². The monoisotopic (exact) mass is 243 g/mol. The fourth-order valence-corrected chi connectivity index (χ4v) is 1.93. The number of nitrogens with one attached hydrogen (secondary N) is 1. The Hall–Kier alpha value is -1.48. The van der Waals surface area contributed by atoms with E-state index in [9.17, 15) is 0 Å². The fourth-order valence-electron chi connectivity index (χ4n) is 1.93. The predicted molar refractivity (Wildman–Crippen MR) is 75.3 cm³/mol. The second-order valence-corrected chi connectivity index (χ2v) is 5.06. The maximum atomic E-state index is 4.58. The van der Waals surface area contributed by atoms with Crippen molar-refractivity contribution in [1.82, 2.24) is 15.3 Å². The van der Waals surface area contributed by atoms with Gasteiger partial charge in [0.25, 0.3) is 0 Å². The highest BCUT2D eigenvalue weighted by Crippen LogP contribution is 2.08. The number of para-hydroxylation sites is 2. The maximum Gasteiger partial charge on any atom is 0.0890 e. The lowest BCUT2D eigenvalue weighted by Crippen LogP contribution is -2.16. The molecule has 0 radical (unpaired) electrons. The molecule has 3 nitrogen and oxygen atoms in total. The molecular formula is C15H21N3. The van der Waals surface area contributed by atoms with E-state index in [0.29, 0.717) is 0 Å². The van der Waals surface area contributed by atoms with Crippen molar-refractivity contribution in [2.24, 2.45) is 5.92 Å². The highest BCUT2D eigenvalue weighted by molar-refractivity contribution is 5.73. The van der Waals surface area contributed by atoms with Crippen molar-refractivity contribution in [1.29, 1.82) is 0 Å². The Morgan fingerprint density at radius 2 is 1.94 bits per heavy atom. The average molecular weight is 243 g/mol. The van der Waals surface area contributed by atoms with Crippen molar-refractivity contribution in [3.63, 3.8) is 0 Å². The Bertz CT molecular complexity index is 494. The second-order valence-electron chi connectivity index (χ2n) is 5.06. The van der Waals surface area contributed by atoms with Crippen LogP contribution in [-0.4, -0.2) is 16.5 Å². The second kappa shape index (κ2) is 6.45. The van der Waals surface area contributed by atoms with E-state index < -0.39 is 0 Å². The van der Waals surface area contributed by atoms with Crippen LogP contribution in [0.3, 0.4) is 0 Å². The molecule has 1 heterocycles. The summed E-state index contributed by atoms with van der Waals surface area (Å²) in [6.45, 7) is 6.37. The molecule has 0 aliphatic heterocycles. The lowest BCUT2D eigenvalue weighted by atomic mass is 10.1. The molecule has 18 heavy (non-hydrogen) atoms. The van der Waals surface area contributed by atoms with Gasteiger partial charge < -0.3 is 5.32 Å². The molecule has 2 rings (SSSR count). The third-order valence-electron chi connectivity index (χ3n) is 2.94. The van der Waals surface area contributed by atoms with E-state index in [4.69, 9.17) is 0 Å². The third kappa shape index (κ3) is 3.77. The third-order valence-corrected chi connectivity index (χ3v) is 2.94. The van der Waals surface area contributed by atoms with E-state index in [1.807, 2.05) is 30.5 Å². The molecule has 0 saturated heterocycles. The van der Waals surface area contributed by atoms with Crippen LogP contribution in [0, 0.1) is 5.92 Å². The highest BCUT2D eigenvalue weighted by Gasteiger charge is 1.99. The van der Waals surface area contributed by atoms with Gasteiger partial charge >= 0.3 is 0 Å². The maximum absolute atomic E-state index is 4.58. The summed E-state index contributed by atoms with van der Waals surface area (Å²) in [4.78, 5) is 8.99. The Morgan fingerprint density at radius 3 is 2.72 bits per heavy atom. The minimum Gasteiger partial charge on any atom is -0.311 e. The molecule has 0 aliphatic rings. The van der Waals surface area contributed by atoms with Crippen molar-refractivity contribution in [3.05, 3.63) is 36.2 Å². The highest BCUT2D eigenvalue weighted by atomic mass is 14.9. The first-order valence-corrected chi connectivity index (χ1v) is 6.67. The number of rotatable bonds is 6. The van der Waals surface area contributed by atoms with Gasteiger partial charge in [0.1, 0.15) is 0 Å². The first-order valence-electron chi connectivity index (χ1n) is 6.67. The largest absolute Gasteiger partial charge is 0.311 e. The number of nitrogens with zero attached hydrogens (tertiary/aromatic N) is 2. The quantitative estimate of drug-likeness (QED) is 0.792. The lowest BCUT2D eigenvalue weighted by Gasteiger charge is -2.06. The van der Waals surface area contributed by atoms with E-state index in [1.54, 1.807) is 0 Å². The van der Waals surface area contributed by atoms with Crippen LogP contribution in [-0.2, 0) is 6.54 Å². The number of aromatic nitrogens is 2. The van der Waals surface area contributed by atoms with E-state index in [2.05, 4.69) is 29.1 Å². The molecule has 96 valence electrons. The minimum absolute atomic E-state index is 0.785. The number of benzene rings is 1. The van der Waals surface area contributed by atoms with Crippen LogP contribution in [0.2, 0.25) is 0 Å². The molecule has 0 unspecified atom stereocenters. The van der Waals surface area contributed by atoms with E-state index in [1.165, 1.54) is 12.8 Å². The Balaban J connectivity index is 1.84. The number of hydrogen-bond donors (Lipinski definition) is 1. The summed E-state index contributed by atoms with van der Waals surface area (Å²) < 4.78 is 0. The Kier molecular flexibility index (Phi) is 4.65. The van der Waals surface area contributed by atoms with Gasteiger partial charge in [0, 0.05) is 6.54 Å². The van der Waals surface area contributed by atoms with Crippen LogP contribution in [0.5, 0.6) is 0 Å². The standard InChI is InChI=1S/C15H21N3/c1-12(2)6-5-9-16-10-13-11-17-14-7-3-4-8-15(14)18-13/h3-4,7-8,11-12,16H,5-6,9-10H2,1-2H3. The van der Waals surface area contributed by atoms with Gasteiger partial charge in [0.05, 0.1) is 22.9 Å². The van der Waals surface area contributed by atoms with Crippen molar-refractivity contribution in [3.8, 4) is 0 Å². The fraction of sp³-hybridized carbons (Fsp3) is 0.467. The molecule has 0 amide bonds. The summed E-state index contributed by atoms with van der Waals surface area (Å²) in [6.07, 6.45) is 4.35. The van der Waals surface area contributed by atoms with Crippen molar-refractivity contribution < 1.29 is 0 Å². The molecule has 0 atom stereocenters. The van der Waals surface area contributed by atoms with E-state index >= 15 is 0 Å². The van der Waals surface area contributed by atoms with Crippen LogP contribution < -0.4 is 5.32 Å². The first kappa shape index (κ1) is 13.0. The van der Waals surface area contributed by atoms with Gasteiger partial charge in [-0.3, -0.25) is 4.98 Å². The van der Waals surface area contributed by atoms with E-state index in [0.717, 1.165) is 35.7 Å². The summed E-state index contributed by atoms with van der Waals surface area (Å²) in [5, 5.41) is 3.42. The molecule has 1 aromatic heterocycles. The number of hydrogen-bond acceptors (Lipinski definition) is 3. The molecule has 0 fully saturated rings. The van der Waals surface area contributed by atoms with Gasteiger partial charge in [-0.1, -0.05) is 26.0 Å². The molecule has 1 aromatic carbocycles. The summed E-state index contributed by atoms with van der Waals surface area (Å²) >= 11 is 0. The molecule has 1 N–H and O–H groups in total. The van der Waals surface area contributed by atoms with Crippen molar-refractivity contribution in [2.45, 2.75) is 33.2 Å². The minimum atomic E-state index is 0.785. The summed E-state index contributed by atoms with van der Waals surface area (Å²) in [7, 11) is 0. The van der Waals surface area contributed by atoms with Gasteiger partial charge in [0.15, 0.2) is 0 Å². The van der Waals surface area contributed by atoms with Crippen molar-refractivity contribution in [2.75, 3.05) is 6.54 Å². The van der Waals surface area contributed by atoms with Crippen LogP contribution in [0.25, 0.3) is 11.0 Å². The summed E-state index contributed by atoms with van der Waals surface area (Å²) in [6, 6.07) is 7.98. The normalized spacial score (nSPS) is 11.3. The molecule has 0 saturated carbocycles. The molecule has 0 bridgehead atoms. The van der Waals surface area contributed by atoms with Crippen molar-refractivity contribution >= 4 is 11.0 Å². The molecule has 0 spiro atoms. The van der Waals surface area contributed by atoms with Gasteiger partial charge in [-0.25, -0.2) is 4.98 Å². The Morgan fingerprint density at radius 1 is 1.17 bits per heavy atom. The lowest BCUT2D eigenvalue weighted by molar-refractivity contribution is 0.526. The molecule has 2 aromatic rings. The summed E-state index contributed by atoms with van der Waals surface area (Å²) in [5.41, 5.74) is 2.94. The van der Waals surface area contributed by atoms with E-state index in [-0.39, 0.29) is 0 Å². The molecule has 3 heteroatoms. The van der Waals surface area contributed by atoms with Crippen LogP contribution >= 0.6 is 0 Å². The van der Waals surface area contributed by atoms with Gasteiger partial charge in [-0.2, -0.15) is 0 Å². The smallest absolute Gasteiger partial charge is 0.0890 e.